The number of hydrogen-bond donors (Lipinski definition) is 0. The van der Waals surface area contributed by atoms with E-state index in [0.717, 1.165) is 15.7 Å². The number of Topliss-reactive ketones (excluding diaryl/α,β-unsaturated/α-hetero) is 1. The van der Waals surface area contributed by atoms with E-state index in [-0.39, 0.29) is 22.7 Å². The minimum absolute atomic E-state index is 0.0114. The van der Waals surface area contributed by atoms with Crippen LogP contribution in [-0.4, -0.2) is 30.7 Å². The number of carbonyl (C=O) groups excluding carboxylic acids is 1. The minimum Gasteiger partial charge on any atom is -0.293 e. The molecule has 2 heterocycles. The molecule has 0 amide bonds. The highest BCUT2D eigenvalue weighted by Crippen LogP contribution is 2.19. The highest BCUT2D eigenvalue weighted by molar-refractivity contribution is 9.10. The minimum atomic E-state index is -0.255. The summed E-state index contributed by atoms with van der Waals surface area (Å²) < 4.78 is 4.10. The van der Waals surface area contributed by atoms with Crippen LogP contribution in [-0.2, 0) is 0 Å². The quantitative estimate of drug-likeness (QED) is 0.323. The third-order valence-electron chi connectivity index (χ3n) is 4.71. The monoisotopic (exact) mass is 468 g/mol. The summed E-state index contributed by atoms with van der Waals surface area (Å²) in [6.45, 7) is 4.04. The Hall–Kier alpha value is -2.71. The maximum absolute atomic E-state index is 12.9. The number of aryl methyl sites for hydroxylation is 2. The van der Waals surface area contributed by atoms with Gasteiger partial charge in [-0.3, -0.25) is 18.6 Å². The first-order valence-corrected chi connectivity index (χ1v) is 10.7. The van der Waals surface area contributed by atoms with Gasteiger partial charge >= 0.3 is 5.56 Å². The van der Waals surface area contributed by atoms with Crippen molar-refractivity contribution in [3.05, 3.63) is 86.4 Å². The second kappa shape index (κ2) is 7.96. The normalized spacial score (nSPS) is 11.1. The van der Waals surface area contributed by atoms with Crippen molar-refractivity contribution in [2.45, 2.75) is 19.0 Å². The van der Waals surface area contributed by atoms with Crippen molar-refractivity contribution in [1.82, 2.24) is 19.2 Å². The fourth-order valence-corrected chi connectivity index (χ4v) is 3.97. The Kier molecular flexibility index (Phi) is 5.38. The van der Waals surface area contributed by atoms with Crippen LogP contribution >= 0.6 is 27.7 Å². The van der Waals surface area contributed by atoms with Crippen molar-refractivity contribution in [3.63, 3.8) is 0 Å². The van der Waals surface area contributed by atoms with Gasteiger partial charge in [0.25, 0.3) is 0 Å². The zero-order chi connectivity index (χ0) is 20.5. The third kappa shape index (κ3) is 3.90. The van der Waals surface area contributed by atoms with Gasteiger partial charge in [-0.25, -0.2) is 0 Å². The van der Waals surface area contributed by atoms with Crippen molar-refractivity contribution in [1.29, 1.82) is 0 Å². The predicted octanol–water partition coefficient (Wildman–Crippen LogP) is 4.23. The van der Waals surface area contributed by atoms with Gasteiger partial charge in [0.15, 0.2) is 10.9 Å². The Morgan fingerprint density at radius 1 is 1.03 bits per heavy atom. The van der Waals surface area contributed by atoms with E-state index in [2.05, 4.69) is 26.1 Å². The van der Waals surface area contributed by atoms with Crippen LogP contribution in [0.2, 0.25) is 0 Å². The molecule has 8 heteroatoms. The van der Waals surface area contributed by atoms with Crippen molar-refractivity contribution < 1.29 is 4.79 Å². The molecule has 146 valence electrons. The largest absolute Gasteiger partial charge is 0.300 e. The van der Waals surface area contributed by atoms with E-state index in [4.69, 9.17) is 0 Å². The Balaban J connectivity index is 1.60. The van der Waals surface area contributed by atoms with Crippen LogP contribution in [0.4, 0.5) is 0 Å². The average Bonchev–Trinajstić information content (AvgIpc) is 3.13. The van der Waals surface area contributed by atoms with E-state index in [1.807, 2.05) is 44.2 Å². The zero-order valence-corrected chi connectivity index (χ0v) is 18.2. The second-order valence-electron chi connectivity index (χ2n) is 6.64. The molecule has 0 saturated carbocycles. The molecule has 0 unspecified atom stereocenters. The fourth-order valence-electron chi connectivity index (χ4n) is 2.89. The van der Waals surface area contributed by atoms with Gasteiger partial charge in [-0.15, -0.1) is 10.2 Å². The van der Waals surface area contributed by atoms with Crippen LogP contribution in [0.15, 0.2) is 69.3 Å². The van der Waals surface area contributed by atoms with Gasteiger partial charge in [-0.05, 0) is 49.2 Å². The number of benzene rings is 2. The molecule has 0 aliphatic rings. The summed E-state index contributed by atoms with van der Waals surface area (Å²) in [5, 5.41) is 8.66. The van der Waals surface area contributed by atoms with Gasteiger partial charge in [-0.1, -0.05) is 45.9 Å². The molecule has 0 aliphatic heterocycles. The SMILES string of the molecule is Cc1ccc(-n2ccn3c(SCC(=O)c4ccc(Br)cc4)nnc3c2=O)cc1C. The summed E-state index contributed by atoms with van der Waals surface area (Å²) in [7, 11) is 0. The van der Waals surface area contributed by atoms with Gasteiger partial charge < -0.3 is 0 Å². The molecule has 0 spiro atoms. The Bertz CT molecular complexity index is 1280. The number of thioether (sulfide) groups is 1. The van der Waals surface area contributed by atoms with Crippen LogP contribution in [0.5, 0.6) is 0 Å². The molecular formula is C21H17BrN4O2S. The lowest BCUT2D eigenvalue weighted by Crippen LogP contribution is -2.20. The summed E-state index contributed by atoms with van der Waals surface area (Å²) in [5.74, 6) is 0.200. The highest BCUT2D eigenvalue weighted by Gasteiger charge is 2.14. The Morgan fingerprint density at radius 2 is 1.79 bits per heavy atom. The molecule has 29 heavy (non-hydrogen) atoms. The van der Waals surface area contributed by atoms with Gasteiger partial charge in [0.1, 0.15) is 0 Å². The van der Waals surface area contributed by atoms with E-state index >= 15 is 0 Å². The molecule has 0 aliphatic carbocycles. The fraction of sp³-hybridized carbons (Fsp3) is 0.143. The third-order valence-corrected chi connectivity index (χ3v) is 6.18. The molecule has 0 fully saturated rings. The number of aromatic nitrogens is 4. The van der Waals surface area contributed by atoms with E-state index in [0.29, 0.717) is 10.7 Å². The number of ketones is 1. The summed E-state index contributed by atoms with van der Waals surface area (Å²) in [6, 6.07) is 13.1. The molecule has 6 nitrogen and oxygen atoms in total. The molecule has 0 N–H and O–H groups in total. The summed E-state index contributed by atoms with van der Waals surface area (Å²) in [6.07, 6.45) is 3.45. The first-order chi connectivity index (χ1) is 13.9. The zero-order valence-electron chi connectivity index (χ0n) is 15.8. The molecule has 2 aromatic carbocycles. The molecule has 4 rings (SSSR count). The topological polar surface area (TPSA) is 69.3 Å². The number of rotatable bonds is 5. The van der Waals surface area contributed by atoms with E-state index < -0.39 is 0 Å². The molecular weight excluding hydrogens is 452 g/mol. The van der Waals surface area contributed by atoms with Crippen molar-refractivity contribution in [3.8, 4) is 5.69 Å². The lowest BCUT2D eigenvalue weighted by Gasteiger charge is -2.08. The number of carbonyl (C=O) groups is 1. The van der Waals surface area contributed by atoms with Crippen molar-refractivity contribution >= 4 is 39.1 Å². The Labute approximate surface area is 179 Å². The lowest BCUT2D eigenvalue weighted by molar-refractivity contribution is 0.102. The molecule has 0 saturated heterocycles. The van der Waals surface area contributed by atoms with Gasteiger partial charge in [0.05, 0.1) is 5.75 Å². The summed E-state index contributed by atoms with van der Waals surface area (Å²) >= 11 is 4.62. The average molecular weight is 469 g/mol. The first kappa shape index (κ1) is 19.6. The van der Waals surface area contributed by atoms with E-state index in [1.165, 1.54) is 17.3 Å². The maximum Gasteiger partial charge on any atom is 0.300 e. The molecule has 0 bridgehead atoms. The summed E-state index contributed by atoms with van der Waals surface area (Å²) in [4.78, 5) is 25.3. The number of nitrogens with zero attached hydrogens (tertiary/aromatic N) is 4. The lowest BCUT2D eigenvalue weighted by atomic mass is 10.1. The Morgan fingerprint density at radius 3 is 2.52 bits per heavy atom. The maximum atomic E-state index is 12.9. The van der Waals surface area contributed by atoms with Gasteiger partial charge in [0.2, 0.25) is 5.65 Å². The molecule has 2 aromatic heterocycles. The predicted molar refractivity (Wildman–Crippen MR) is 117 cm³/mol. The number of halogens is 1. The molecule has 0 radical (unpaired) electrons. The van der Waals surface area contributed by atoms with Crippen molar-refractivity contribution in [2.75, 3.05) is 5.75 Å². The van der Waals surface area contributed by atoms with Crippen molar-refractivity contribution in [2.24, 2.45) is 0 Å². The van der Waals surface area contributed by atoms with Gasteiger partial charge in [0, 0.05) is 28.1 Å². The van der Waals surface area contributed by atoms with Crippen LogP contribution < -0.4 is 5.56 Å². The van der Waals surface area contributed by atoms with E-state index in [1.54, 1.807) is 33.5 Å². The molecule has 4 aromatic rings. The van der Waals surface area contributed by atoms with Gasteiger partial charge in [-0.2, -0.15) is 0 Å². The van der Waals surface area contributed by atoms with Crippen LogP contribution in [0.25, 0.3) is 11.3 Å². The molecule has 0 atom stereocenters. The van der Waals surface area contributed by atoms with E-state index in [9.17, 15) is 9.59 Å². The second-order valence-corrected chi connectivity index (χ2v) is 8.49. The van der Waals surface area contributed by atoms with Crippen LogP contribution in [0.1, 0.15) is 21.5 Å². The number of hydrogen-bond acceptors (Lipinski definition) is 5. The van der Waals surface area contributed by atoms with Crippen LogP contribution in [0.3, 0.4) is 0 Å². The smallest absolute Gasteiger partial charge is 0.293 e. The number of fused-ring (bicyclic) bond motifs is 1. The van der Waals surface area contributed by atoms with Crippen LogP contribution in [0, 0.1) is 13.8 Å². The first-order valence-electron chi connectivity index (χ1n) is 8.89. The standard InChI is InChI=1S/C21H17BrN4O2S/c1-13-3-8-17(11-14(13)2)25-9-10-26-19(20(25)28)23-24-21(26)29-12-18(27)15-4-6-16(22)7-5-15/h3-11H,12H2,1-2H3. The summed E-state index contributed by atoms with van der Waals surface area (Å²) in [5.41, 5.74) is 3.66. The highest BCUT2D eigenvalue weighted by atomic mass is 79.9.